The zero-order valence-corrected chi connectivity index (χ0v) is 22.6. The quantitative estimate of drug-likeness (QED) is 0.424. The second-order valence-corrected chi connectivity index (χ2v) is 12.4. The third-order valence-electron chi connectivity index (χ3n) is 5.32. The van der Waals surface area contributed by atoms with Crippen molar-refractivity contribution < 1.29 is 10.2 Å². The predicted octanol–water partition coefficient (Wildman–Crippen LogP) is 8.40. The van der Waals surface area contributed by atoms with Crippen molar-refractivity contribution in [2.24, 2.45) is 0 Å². The van der Waals surface area contributed by atoms with Gasteiger partial charge in [-0.25, -0.2) is 0 Å². The van der Waals surface area contributed by atoms with Gasteiger partial charge in [-0.05, 0) is 50.0 Å². The van der Waals surface area contributed by atoms with Crippen molar-refractivity contribution in [2.45, 2.75) is 105 Å². The fourth-order valence-electron chi connectivity index (χ4n) is 3.36. The molecule has 2 aromatic rings. The fraction of sp³-hybridized carbons (Fsp3) is 0.571. The molecule has 2 nitrogen and oxygen atoms in total. The smallest absolute Gasteiger partial charge is 0.123 e. The lowest BCUT2D eigenvalue weighted by atomic mass is 9.80. The minimum Gasteiger partial charge on any atom is -0.508 e. The summed E-state index contributed by atoms with van der Waals surface area (Å²) in [5, 5.41) is 20.1. The summed E-state index contributed by atoms with van der Waals surface area (Å²) in [6.45, 7) is 25.6. The van der Waals surface area contributed by atoms with E-state index in [2.05, 4.69) is 89.2 Å². The van der Waals surface area contributed by atoms with Crippen molar-refractivity contribution in [2.75, 3.05) is 0 Å². The van der Waals surface area contributed by atoms with Crippen LogP contribution in [-0.4, -0.2) is 10.2 Å². The van der Waals surface area contributed by atoms with Crippen molar-refractivity contribution in [3.05, 3.63) is 58.7 Å². The molecule has 0 atom stereocenters. The summed E-state index contributed by atoms with van der Waals surface area (Å²) in [5.74, 6) is 0.855. The average molecular weight is 449 g/mol. The second kappa shape index (κ2) is 9.86. The SMILES string of the molecule is CC(C)(C)c1ccc(O)c(C(C)(C)C)c1.CC(C)(C)c1cccc(C(C)(C)C)c1O.Cl. The van der Waals surface area contributed by atoms with Crippen molar-refractivity contribution in [1.29, 1.82) is 0 Å². The van der Waals surface area contributed by atoms with Crippen LogP contribution >= 0.6 is 12.4 Å². The molecule has 2 N–H and O–H groups in total. The van der Waals surface area contributed by atoms with E-state index in [-0.39, 0.29) is 34.1 Å². The minimum absolute atomic E-state index is 0. The molecule has 0 fully saturated rings. The molecule has 0 spiro atoms. The first kappa shape index (κ1) is 29.3. The van der Waals surface area contributed by atoms with E-state index < -0.39 is 0 Å². The normalized spacial score (nSPS) is 12.5. The Morgan fingerprint density at radius 1 is 0.516 bits per heavy atom. The van der Waals surface area contributed by atoms with E-state index in [1.807, 2.05) is 24.3 Å². The van der Waals surface area contributed by atoms with E-state index >= 15 is 0 Å². The summed E-state index contributed by atoms with van der Waals surface area (Å²) in [7, 11) is 0. The Labute approximate surface area is 197 Å². The number of benzene rings is 2. The molecule has 0 amide bonds. The van der Waals surface area contributed by atoms with Crippen molar-refractivity contribution in [1.82, 2.24) is 0 Å². The highest BCUT2D eigenvalue weighted by atomic mass is 35.5. The highest BCUT2D eigenvalue weighted by molar-refractivity contribution is 5.85. The molecule has 0 aliphatic carbocycles. The van der Waals surface area contributed by atoms with Gasteiger partial charge in [0, 0.05) is 0 Å². The third-order valence-corrected chi connectivity index (χ3v) is 5.32. The summed E-state index contributed by atoms with van der Waals surface area (Å²) in [6.07, 6.45) is 0. The van der Waals surface area contributed by atoms with E-state index in [1.165, 1.54) is 5.56 Å². The zero-order chi connectivity index (χ0) is 23.7. The molecule has 176 valence electrons. The van der Waals surface area contributed by atoms with Gasteiger partial charge >= 0.3 is 0 Å². The topological polar surface area (TPSA) is 40.5 Å². The van der Waals surface area contributed by atoms with Gasteiger partial charge in [-0.2, -0.15) is 0 Å². The lowest BCUT2D eigenvalue weighted by Crippen LogP contribution is -2.16. The van der Waals surface area contributed by atoms with Gasteiger partial charge in [0.25, 0.3) is 0 Å². The van der Waals surface area contributed by atoms with Crippen LogP contribution in [0.1, 0.15) is 105 Å². The monoisotopic (exact) mass is 448 g/mol. The van der Waals surface area contributed by atoms with Gasteiger partial charge < -0.3 is 10.2 Å². The molecule has 0 saturated heterocycles. The van der Waals surface area contributed by atoms with Gasteiger partial charge in [-0.3, -0.25) is 0 Å². The largest absolute Gasteiger partial charge is 0.508 e. The van der Waals surface area contributed by atoms with Crippen LogP contribution in [0.25, 0.3) is 0 Å². The summed E-state index contributed by atoms with van der Waals surface area (Å²) in [6, 6.07) is 12.0. The first-order valence-corrected chi connectivity index (χ1v) is 10.9. The summed E-state index contributed by atoms with van der Waals surface area (Å²) >= 11 is 0. The van der Waals surface area contributed by atoms with Gasteiger partial charge in [0.2, 0.25) is 0 Å². The lowest BCUT2D eigenvalue weighted by molar-refractivity contribution is 0.423. The summed E-state index contributed by atoms with van der Waals surface area (Å²) in [4.78, 5) is 0. The number of para-hydroxylation sites is 1. The highest BCUT2D eigenvalue weighted by Gasteiger charge is 2.25. The van der Waals surface area contributed by atoms with Gasteiger partial charge in [0.1, 0.15) is 11.5 Å². The van der Waals surface area contributed by atoms with Gasteiger partial charge in [-0.15, -0.1) is 12.4 Å². The van der Waals surface area contributed by atoms with E-state index in [4.69, 9.17) is 0 Å². The first-order valence-electron chi connectivity index (χ1n) is 10.9. The lowest BCUT2D eigenvalue weighted by Gasteiger charge is -2.26. The molecular weight excluding hydrogens is 404 g/mol. The maximum atomic E-state index is 10.3. The number of rotatable bonds is 0. The Morgan fingerprint density at radius 3 is 1.23 bits per heavy atom. The van der Waals surface area contributed by atoms with Crippen LogP contribution in [-0.2, 0) is 21.7 Å². The van der Waals surface area contributed by atoms with Gasteiger partial charge in [0.15, 0.2) is 0 Å². The molecule has 0 unspecified atom stereocenters. The van der Waals surface area contributed by atoms with Gasteiger partial charge in [0.05, 0.1) is 0 Å². The van der Waals surface area contributed by atoms with Crippen LogP contribution < -0.4 is 0 Å². The standard InChI is InChI=1S/2C14H22O.ClH/c1-13(2,3)10-7-8-12(15)11(9-10)14(4,5)6;1-13(2,3)10-8-7-9-11(12(10)15)14(4,5)6;/h2*7-9,15H,1-6H3;1H. The first-order chi connectivity index (χ1) is 13.3. The maximum Gasteiger partial charge on any atom is 0.123 e. The van der Waals surface area contributed by atoms with Crippen LogP contribution in [0.5, 0.6) is 11.5 Å². The molecule has 0 aliphatic rings. The molecular formula is C28H45ClO2. The number of phenolic OH excluding ortho intramolecular Hbond substituents is 2. The Hall–Kier alpha value is -1.67. The predicted molar refractivity (Wildman–Crippen MR) is 138 cm³/mol. The van der Waals surface area contributed by atoms with E-state index in [1.54, 1.807) is 6.07 Å². The summed E-state index contributed by atoms with van der Waals surface area (Å²) in [5.41, 5.74) is 4.44. The molecule has 0 saturated carbocycles. The Balaban J connectivity index is 0.000000562. The number of hydrogen-bond donors (Lipinski definition) is 2. The molecule has 0 radical (unpaired) electrons. The third kappa shape index (κ3) is 8.07. The van der Waals surface area contributed by atoms with Crippen molar-refractivity contribution >= 4 is 12.4 Å². The molecule has 0 heterocycles. The fourth-order valence-corrected chi connectivity index (χ4v) is 3.36. The second-order valence-electron chi connectivity index (χ2n) is 12.4. The number of aromatic hydroxyl groups is 2. The van der Waals surface area contributed by atoms with Crippen LogP contribution in [0.3, 0.4) is 0 Å². The Kier molecular flexibility index (Phi) is 9.33. The van der Waals surface area contributed by atoms with Crippen molar-refractivity contribution in [3.8, 4) is 11.5 Å². The minimum atomic E-state index is -0.00859. The zero-order valence-electron chi connectivity index (χ0n) is 21.8. The van der Waals surface area contributed by atoms with E-state index in [0.29, 0.717) is 11.5 Å². The molecule has 2 aromatic carbocycles. The molecule has 0 aliphatic heterocycles. The van der Waals surface area contributed by atoms with Crippen LogP contribution in [0.15, 0.2) is 36.4 Å². The van der Waals surface area contributed by atoms with Crippen molar-refractivity contribution in [3.63, 3.8) is 0 Å². The molecule has 31 heavy (non-hydrogen) atoms. The number of hydrogen-bond acceptors (Lipinski definition) is 2. The Bertz CT molecular complexity index is 806. The maximum absolute atomic E-state index is 10.3. The molecule has 0 aromatic heterocycles. The van der Waals surface area contributed by atoms with Crippen LogP contribution in [0, 0.1) is 0 Å². The van der Waals surface area contributed by atoms with E-state index in [0.717, 1.165) is 16.7 Å². The average Bonchev–Trinajstić information content (AvgIpc) is 2.51. The van der Waals surface area contributed by atoms with Gasteiger partial charge in [-0.1, -0.05) is 113 Å². The highest BCUT2D eigenvalue weighted by Crippen LogP contribution is 2.38. The Morgan fingerprint density at radius 2 is 0.903 bits per heavy atom. The number of halogens is 1. The van der Waals surface area contributed by atoms with Crippen LogP contribution in [0.4, 0.5) is 0 Å². The molecule has 0 bridgehead atoms. The molecule has 3 heteroatoms. The summed E-state index contributed by atoms with van der Waals surface area (Å²) < 4.78 is 0. The van der Waals surface area contributed by atoms with Crippen LogP contribution in [0.2, 0.25) is 0 Å². The molecule has 2 rings (SSSR count). The van der Waals surface area contributed by atoms with E-state index in [9.17, 15) is 10.2 Å². The number of phenols is 2.